The topological polar surface area (TPSA) is 89.9 Å². The summed E-state index contributed by atoms with van der Waals surface area (Å²) in [7, 11) is 5.48. The smallest absolute Gasteiger partial charge is 0.274 e. The molecule has 0 saturated carbocycles. The SMILES string of the molecule is CN(C)C(=O)c1cccc(-c2ccc3c(c2)[C@@H]2[C@@H](CCN2C(=O)c2cnccn2)[C@H](CO)N3C)c1. The second kappa shape index (κ2) is 9.11. The third kappa shape index (κ3) is 3.93. The number of amides is 2. The summed E-state index contributed by atoms with van der Waals surface area (Å²) < 4.78 is 0. The number of anilines is 1. The summed E-state index contributed by atoms with van der Waals surface area (Å²) in [6.45, 7) is 0.603. The molecule has 8 nitrogen and oxygen atoms in total. The normalized spacial score (nSPS) is 20.9. The lowest BCUT2D eigenvalue weighted by Crippen LogP contribution is -2.48. The van der Waals surface area contributed by atoms with Crippen LogP contribution in [0.2, 0.25) is 0 Å². The van der Waals surface area contributed by atoms with Crippen LogP contribution in [0, 0.1) is 5.92 Å². The van der Waals surface area contributed by atoms with E-state index >= 15 is 0 Å². The third-order valence-electron chi connectivity index (χ3n) is 7.24. The molecule has 5 rings (SSSR count). The van der Waals surface area contributed by atoms with Gasteiger partial charge in [-0.25, -0.2) is 4.98 Å². The molecule has 1 aromatic heterocycles. The molecule has 2 aliphatic rings. The number of nitrogens with zero attached hydrogens (tertiary/aromatic N) is 5. The van der Waals surface area contributed by atoms with Gasteiger partial charge >= 0.3 is 0 Å². The van der Waals surface area contributed by atoms with Gasteiger partial charge in [-0.05, 0) is 47.4 Å². The van der Waals surface area contributed by atoms with E-state index in [1.54, 1.807) is 25.2 Å². The highest BCUT2D eigenvalue weighted by atomic mass is 16.3. The van der Waals surface area contributed by atoms with Crippen LogP contribution in [0.4, 0.5) is 5.69 Å². The number of hydrogen-bond donors (Lipinski definition) is 1. The highest BCUT2D eigenvalue weighted by Crippen LogP contribution is 2.49. The zero-order valence-electron chi connectivity index (χ0n) is 20.1. The second-order valence-electron chi connectivity index (χ2n) is 9.40. The molecule has 3 atom stereocenters. The lowest BCUT2D eigenvalue weighted by Gasteiger charge is -2.44. The van der Waals surface area contributed by atoms with Crippen molar-refractivity contribution in [2.45, 2.75) is 18.5 Å². The monoisotopic (exact) mass is 471 g/mol. The molecule has 1 fully saturated rings. The van der Waals surface area contributed by atoms with Gasteiger partial charge in [0, 0.05) is 57.3 Å². The first-order valence-corrected chi connectivity index (χ1v) is 11.8. The third-order valence-corrected chi connectivity index (χ3v) is 7.24. The van der Waals surface area contributed by atoms with Crippen LogP contribution in [0.3, 0.4) is 0 Å². The number of rotatable bonds is 4. The first-order valence-electron chi connectivity index (χ1n) is 11.8. The number of carbonyl (C=O) groups is 2. The molecule has 180 valence electrons. The predicted molar refractivity (Wildman–Crippen MR) is 133 cm³/mol. The Morgan fingerprint density at radius 3 is 2.63 bits per heavy atom. The zero-order chi connectivity index (χ0) is 24.7. The molecule has 1 N–H and O–H groups in total. The van der Waals surface area contributed by atoms with Gasteiger partial charge in [0.15, 0.2) is 0 Å². The summed E-state index contributed by atoms with van der Waals surface area (Å²) in [5.74, 6) is -0.108. The molecule has 3 heterocycles. The molecule has 0 bridgehead atoms. The van der Waals surface area contributed by atoms with Crippen LogP contribution in [0.1, 0.15) is 38.9 Å². The molecule has 0 unspecified atom stereocenters. The second-order valence-corrected chi connectivity index (χ2v) is 9.40. The van der Waals surface area contributed by atoms with Crippen LogP contribution in [-0.4, -0.2) is 77.0 Å². The van der Waals surface area contributed by atoms with E-state index in [0.29, 0.717) is 17.8 Å². The summed E-state index contributed by atoms with van der Waals surface area (Å²) in [5, 5.41) is 10.2. The van der Waals surface area contributed by atoms with Gasteiger partial charge < -0.3 is 19.8 Å². The van der Waals surface area contributed by atoms with Crippen LogP contribution in [0.5, 0.6) is 0 Å². The van der Waals surface area contributed by atoms with Gasteiger partial charge in [0.25, 0.3) is 11.8 Å². The Morgan fingerprint density at radius 1 is 1.11 bits per heavy atom. The van der Waals surface area contributed by atoms with Gasteiger partial charge in [-0.2, -0.15) is 0 Å². The summed E-state index contributed by atoms with van der Waals surface area (Å²) in [6.07, 6.45) is 5.37. The highest BCUT2D eigenvalue weighted by Gasteiger charge is 2.48. The molecule has 35 heavy (non-hydrogen) atoms. The molecule has 2 amide bonds. The van der Waals surface area contributed by atoms with Gasteiger partial charge in [-0.15, -0.1) is 0 Å². The van der Waals surface area contributed by atoms with Gasteiger partial charge in [-0.3, -0.25) is 14.6 Å². The molecule has 1 saturated heterocycles. The van der Waals surface area contributed by atoms with Gasteiger partial charge in [0.05, 0.1) is 24.9 Å². The first-order chi connectivity index (χ1) is 16.9. The average Bonchev–Trinajstić information content (AvgIpc) is 3.33. The van der Waals surface area contributed by atoms with Crippen molar-refractivity contribution in [3.63, 3.8) is 0 Å². The van der Waals surface area contributed by atoms with E-state index in [0.717, 1.165) is 28.8 Å². The Hall–Kier alpha value is -3.78. The van der Waals surface area contributed by atoms with E-state index in [-0.39, 0.29) is 36.4 Å². The fourth-order valence-electron chi connectivity index (χ4n) is 5.51. The Bertz CT molecular complexity index is 1260. The van der Waals surface area contributed by atoms with E-state index in [2.05, 4.69) is 20.9 Å². The van der Waals surface area contributed by atoms with Crippen LogP contribution < -0.4 is 4.90 Å². The van der Waals surface area contributed by atoms with Crippen LogP contribution >= 0.6 is 0 Å². The van der Waals surface area contributed by atoms with E-state index in [1.807, 2.05) is 48.3 Å². The number of likely N-dealkylation sites (tertiary alicyclic amines) is 1. The number of carbonyl (C=O) groups excluding carboxylic acids is 2. The largest absolute Gasteiger partial charge is 0.394 e. The Balaban J connectivity index is 1.59. The van der Waals surface area contributed by atoms with Crippen molar-refractivity contribution >= 4 is 17.5 Å². The molecular formula is C27H29N5O3. The van der Waals surface area contributed by atoms with Crippen molar-refractivity contribution < 1.29 is 14.7 Å². The van der Waals surface area contributed by atoms with Gasteiger partial charge in [-0.1, -0.05) is 18.2 Å². The van der Waals surface area contributed by atoms with Crippen molar-refractivity contribution in [2.24, 2.45) is 5.92 Å². The number of aliphatic hydroxyl groups excluding tert-OH is 1. The fraction of sp³-hybridized carbons (Fsp3) is 0.333. The Kier molecular flexibility index (Phi) is 5.98. The van der Waals surface area contributed by atoms with Crippen molar-refractivity contribution in [3.8, 4) is 11.1 Å². The molecular weight excluding hydrogens is 442 g/mol. The van der Waals surface area contributed by atoms with Gasteiger partial charge in [0.1, 0.15) is 5.69 Å². The summed E-state index contributed by atoms with van der Waals surface area (Å²) >= 11 is 0. The Labute approximate surface area is 204 Å². The summed E-state index contributed by atoms with van der Waals surface area (Å²) in [5.41, 5.74) is 4.90. The number of benzene rings is 2. The quantitative estimate of drug-likeness (QED) is 0.629. The van der Waals surface area contributed by atoms with Crippen LogP contribution in [-0.2, 0) is 0 Å². The van der Waals surface area contributed by atoms with Crippen molar-refractivity contribution in [2.75, 3.05) is 39.2 Å². The minimum atomic E-state index is -0.181. The number of hydrogen-bond acceptors (Lipinski definition) is 6. The van der Waals surface area contributed by atoms with Crippen LogP contribution in [0.15, 0.2) is 61.1 Å². The average molecular weight is 472 g/mol. The van der Waals surface area contributed by atoms with Crippen molar-refractivity contribution in [1.82, 2.24) is 19.8 Å². The first kappa shape index (κ1) is 23.0. The molecule has 0 radical (unpaired) electrons. The molecule has 2 aliphatic heterocycles. The molecule has 0 aliphatic carbocycles. The predicted octanol–water partition coefficient (Wildman–Crippen LogP) is 2.86. The number of aromatic nitrogens is 2. The van der Waals surface area contributed by atoms with E-state index in [9.17, 15) is 14.7 Å². The van der Waals surface area contributed by atoms with Gasteiger partial charge in [0.2, 0.25) is 0 Å². The minimum absolute atomic E-state index is 0.0146. The number of aliphatic hydroxyl groups is 1. The maximum Gasteiger partial charge on any atom is 0.274 e. The van der Waals surface area contributed by atoms with Crippen molar-refractivity contribution in [3.05, 3.63) is 77.9 Å². The maximum absolute atomic E-state index is 13.4. The molecule has 3 aromatic rings. The number of likely N-dealkylation sites (N-methyl/N-ethyl adjacent to an activating group) is 1. The molecule has 0 spiro atoms. The highest BCUT2D eigenvalue weighted by molar-refractivity contribution is 5.95. The lowest BCUT2D eigenvalue weighted by atomic mass is 9.81. The minimum Gasteiger partial charge on any atom is -0.394 e. The lowest BCUT2D eigenvalue weighted by molar-refractivity contribution is 0.0687. The van der Waals surface area contributed by atoms with Crippen molar-refractivity contribution in [1.29, 1.82) is 0 Å². The number of fused-ring (bicyclic) bond motifs is 3. The Morgan fingerprint density at radius 2 is 1.91 bits per heavy atom. The van der Waals surface area contributed by atoms with Crippen LogP contribution in [0.25, 0.3) is 11.1 Å². The molecule has 2 aromatic carbocycles. The molecule has 8 heteroatoms. The van der Waals surface area contributed by atoms with E-state index < -0.39 is 0 Å². The van der Waals surface area contributed by atoms with E-state index in [4.69, 9.17) is 0 Å². The summed E-state index contributed by atoms with van der Waals surface area (Å²) in [6, 6.07) is 13.5. The van der Waals surface area contributed by atoms with E-state index in [1.165, 1.54) is 12.4 Å². The summed E-state index contributed by atoms with van der Waals surface area (Å²) in [4.78, 5) is 39.8. The maximum atomic E-state index is 13.4. The standard InChI is InChI=1S/C27H29N5O3/c1-30(2)26(34)19-6-4-5-17(13-19)18-7-8-23-21(14-18)25-20(24(16-33)31(23)3)9-12-32(25)27(35)22-15-28-10-11-29-22/h4-8,10-11,13-15,20,24-25,33H,9,12,16H2,1-3H3/t20-,24-,25-/m0/s1. The zero-order valence-corrected chi connectivity index (χ0v) is 20.1. The fourth-order valence-corrected chi connectivity index (χ4v) is 5.51.